The minimum Gasteiger partial charge on any atom is -0.493 e. The van der Waals surface area contributed by atoms with Gasteiger partial charge in [0.2, 0.25) is 5.95 Å². The Bertz CT molecular complexity index is 1470. The van der Waals surface area contributed by atoms with Crippen molar-refractivity contribution in [3.63, 3.8) is 0 Å². The van der Waals surface area contributed by atoms with E-state index in [-0.39, 0.29) is 5.56 Å². The molecule has 0 spiro atoms. The Morgan fingerprint density at radius 3 is 2.29 bits per heavy atom. The SMILES string of the molecule is COc1ccc(CCN2CN(c3ccc(C)cc3)c3nc(C)c(Cc4ccccc4)c(=O)n3C2)cc1OC. The lowest BCUT2D eigenvalue weighted by molar-refractivity contribution is 0.200. The molecule has 1 aliphatic rings. The minimum absolute atomic E-state index is 0.0179. The van der Waals surface area contributed by atoms with Crippen LogP contribution >= 0.6 is 0 Å². The molecule has 0 saturated carbocycles. The van der Waals surface area contributed by atoms with Crippen LogP contribution in [0, 0.1) is 13.8 Å². The summed E-state index contributed by atoms with van der Waals surface area (Å²) in [5.41, 5.74) is 6.00. The smallest absolute Gasteiger partial charge is 0.259 e. The first-order valence-electron chi connectivity index (χ1n) is 12.9. The van der Waals surface area contributed by atoms with Crippen molar-refractivity contribution in [3.8, 4) is 11.5 Å². The minimum atomic E-state index is 0.0179. The van der Waals surface area contributed by atoms with Crippen LogP contribution in [-0.2, 0) is 19.5 Å². The molecule has 7 heteroatoms. The van der Waals surface area contributed by atoms with E-state index >= 15 is 0 Å². The van der Waals surface area contributed by atoms with E-state index < -0.39 is 0 Å². The maximum Gasteiger partial charge on any atom is 0.259 e. The number of aryl methyl sites for hydroxylation is 2. The van der Waals surface area contributed by atoms with E-state index in [9.17, 15) is 4.79 Å². The zero-order valence-corrected chi connectivity index (χ0v) is 22.5. The standard InChI is InChI=1S/C31H34N4O3/c1-22-10-13-26(14-11-22)34-20-33(17-16-25-12-15-28(37-3)29(19-25)38-4)21-35-30(36)27(23(2)32-31(34)35)18-24-8-6-5-7-9-24/h5-15,19H,16-18,20-21H2,1-4H3. The first kappa shape index (κ1) is 25.5. The molecule has 5 rings (SSSR count). The Hall–Kier alpha value is -4.10. The zero-order valence-electron chi connectivity index (χ0n) is 22.5. The number of rotatable bonds is 8. The van der Waals surface area contributed by atoms with Gasteiger partial charge in [0, 0.05) is 24.2 Å². The summed E-state index contributed by atoms with van der Waals surface area (Å²) in [6, 6.07) is 24.5. The lowest BCUT2D eigenvalue weighted by atomic mass is 10.1. The first-order chi connectivity index (χ1) is 18.5. The number of fused-ring (bicyclic) bond motifs is 1. The molecule has 38 heavy (non-hydrogen) atoms. The predicted octanol–water partition coefficient (Wildman–Crippen LogP) is 5.08. The molecule has 3 aromatic carbocycles. The summed E-state index contributed by atoms with van der Waals surface area (Å²) in [4.78, 5) is 23.3. The summed E-state index contributed by atoms with van der Waals surface area (Å²) in [6.45, 7) is 5.91. The molecule has 0 unspecified atom stereocenters. The second-order valence-corrected chi connectivity index (χ2v) is 9.75. The van der Waals surface area contributed by atoms with Gasteiger partial charge in [-0.25, -0.2) is 4.98 Å². The highest BCUT2D eigenvalue weighted by molar-refractivity contribution is 5.59. The third-order valence-electron chi connectivity index (χ3n) is 7.11. The summed E-state index contributed by atoms with van der Waals surface area (Å²) in [6.07, 6.45) is 1.37. The topological polar surface area (TPSA) is 59.8 Å². The number of hydrogen-bond donors (Lipinski definition) is 0. The van der Waals surface area contributed by atoms with E-state index in [1.165, 1.54) is 5.56 Å². The Morgan fingerprint density at radius 1 is 0.842 bits per heavy atom. The molecule has 0 amide bonds. The average Bonchev–Trinajstić information content (AvgIpc) is 2.95. The van der Waals surface area contributed by atoms with Gasteiger partial charge in [0.05, 0.1) is 33.3 Å². The zero-order chi connectivity index (χ0) is 26.6. The highest BCUT2D eigenvalue weighted by atomic mass is 16.5. The molecule has 4 aromatic rings. The van der Waals surface area contributed by atoms with Crippen molar-refractivity contribution < 1.29 is 9.47 Å². The van der Waals surface area contributed by atoms with Gasteiger partial charge in [-0.1, -0.05) is 54.1 Å². The van der Waals surface area contributed by atoms with Crippen molar-refractivity contribution in [1.29, 1.82) is 0 Å². The van der Waals surface area contributed by atoms with E-state index in [2.05, 4.69) is 59.2 Å². The van der Waals surface area contributed by atoms with Crippen molar-refractivity contribution in [2.45, 2.75) is 33.4 Å². The van der Waals surface area contributed by atoms with Gasteiger partial charge in [-0.2, -0.15) is 0 Å². The van der Waals surface area contributed by atoms with E-state index in [4.69, 9.17) is 14.5 Å². The molecular formula is C31H34N4O3. The predicted molar refractivity (Wildman–Crippen MR) is 151 cm³/mol. The van der Waals surface area contributed by atoms with Gasteiger partial charge in [0.25, 0.3) is 5.56 Å². The van der Waals surface area contributed by atoms with Crippen molar-refractivity contribution in [2.24, 2.45) is 0 Å². The third-order valence-corrected chi connectivity index (χ3v) is 7.11. The van der Waals surface area contributed by atoms with E-state index in [1.54, 1.807) is 14.2 Å². The van der Waals surface area contributed by atoms with Gasteiger partial charge in [-0.15, -0.1) is 0 Å². The molecule has 0 saturated heterocycles. The Balaban J connectivity index is 1.48. The first-order valence-corrected chi connectivity index (χ1v) is 12.9. The van der Waals surface area contributed by atoms with Crippen LogP contribution in [0.1, 0.15) is 27.9 Å². The quantitative estimate of drug-likeness (QED) is 0.330. The fourth-order valence-corrected chi connectivity index (χ4v) is 4.92. The Kier molecular flexibility index (Phi) is 7.47. The molecule has 0 fully saturated rings. The van der Waals surface area contributed by atoms with Crippen LogP contribution in [0.4, 0.5) is 11.6 Å². The fraction of sp³-hybridized carbons (Fsp3) is 0.290. The van der Waals surface area contributed by atoms with Crippen LogP contribution < -0.4 is 19.9 Å². The van der Waals surface area contributed by atoms with E-state index in [0.29, 0.717) is 31.5 Å². The summed E-state index contributed by atoms with van der Waals surface area (Å²) in [5.74, 6) is 2.12. The van der Waals surface area contributed by atoms with Crippen molar-refractivity contribution in [3.05, 3.63) is 111 Å². The molecule has 7 nitrogen and oxygen atoms in total. The number of aromatic nitrogens is 2. The summed E-state index contributed by atoms with van der Waals surface area (Å²) in [7, 11) is 3.29. The highest BCUT2D eigenvalue weighted by Gasteiger charge is 2.28. The van der Waals surface area contributed by atoms with Crippen LogP contribution in [0.5, 0.6) is 11.5 Å². The van der Waals surface area contributed by atoms with Crippen molar-refractivity contribution in [1.82, 2.24) is 14.5 Å². The normalized spacial score (nSPS) is 13.3. The monoisotopic (exact) mass is 510 g/mol. The molecule has 2 heterocycles. The van der Waals surface area contributed by atoms with Gasteiger partial charge >= 0.3 is 0 Å². The van der Waals surface area contributed by atoms with Crippen LogP contribution in [0.3, 0.4) is 0 Å². The van der Waals surface area contributed by atoms with Crippen LogP contribution in [0.15, 0.2) is 77.6 Å². The molecule has 196 valence electrons. The largest absolute Gasteiger partial charge is 0.493 e. The van der Waals surface area contributed by atoms with E-state index in [0.717, 1.165) is 46.8 Å². The van der Waals surface area contributed by atoms with E-state index in [1.807, 2.05) is 41.8 Å². The van der Waals surface area contributed by atoms with Gasteiger partial charge in [-0.05, 0) is 55.7 Å². The summed E-state index contributed by atoms with van der Waals surface area (Å²) >= 11 is 0. The Morgan fingerprint density at radius 2 is 1.58 bits per heavy atom. The van der Waals surface area contributed by atoms with Gasteiger partial charge in [0.1, 0.15) is 0 Å². The maximum absolute atomic E-state index is 13.9. The third kappa shape index (κ3) is 5.29. The number of methoxy groups -OCH3 is 2. The second-order valence-electron chi connectivity index (χ2n) is 9.75. The van der Waals surface area contributed by atoms with Gasteiger partial charge in [0.15, 0.2) is 11.5 Å². The lowest BCUT2D eigenvalue weighted by Crippen LogP contribution is -2.48. The van der Waals surface area contributed by atoms with Crippen LogP contribution in [0.2, 0.25) is 0 Å². The number of hydrogen-bond acceptors (Lipinski definition) is 6. The second kappa shape index (κ2) is 11.1. The molecule has 0 aliphatic carbocycles. The average molecular weight is 511 g/mol. The van der Waals surface area contributed by atoms with Crippen molar-refractivity contribution >= 4 is 11.6 Å². The molecule has 1 aliphatic heterocycles. The fourth-order valence-electron chi connectivity index (χ4n) is 4.92. The lowest BCUT2D eigenvalue weighted by Gasteiger charge is -2.38. The van der Waals surface area contributed by atoms with Gasteiger partial charge in [-0.3, -0.25) is 19.2 Å². The van der Waals surface area contributed by atoms with Crippen LogP contribution in [-0.4, -0.2) is 41.9 Å². The number of nitrogens with zero attached hydrogens (tertiary/aromatic N) is 4. The number of benzene rings is 3. The number of ether oxygens (including phenoxy) is 2. The summed E-state index contributed by atoms with van der Waals surface area (Å²) in [5, 5.41) is 0. The molecule has 0 N–H and O–H groups in total. The highest BCUT2D eigenvalue weighted by Crippen LogP contribution is 2.30. The number of anilines is 2. The van der Waals surface area contributed by atoms with Crippen LogP contribution in [0.25, 0.3) is 0 Å². The maximum atomic E-state index is 13.9. The molecule has 0 bridgehead atoms. The molecule has 0 radical (unpaired) electrons. The Labute approximate surface area is 223 Å². The van der Waals surface area contributed by atoms with Crippen molar-refractivity contribution in [2.75, 3.05) is 32.3 Å². The molecule has 1 aromatic heterocycles. The van der Waals surface area contributed by atoms with Gasteiger partial charge < -0.3 is 9.47 Å². The summed E-state index contributed by atoms with van der Waals surface area (Å²) < 4.78 is 12.7. The molecular weight excluding hydrogens is 476 g/mol. The molecule has 0 atom stereocenters.